The molecule has 0 unspecified atom stereocenters. The molecule has 0 spiro atoms. The minimum absolute atomic E-state index is 0.383. The summed E-state index contributed by atoms with van der Waals surface area (Å²) >= 11 is 0. The van der Waals surface area contributed by atoms with E-state index in [0.717, 1.165) is 18.7 Å². The number of rotatable bonds is 7. The highest BCUT2D eigenvalue weighted by Gasteiger charge is 2.14. The largest absolute Gasteiger partial charge is 0.463 e. The molecule has 1 atom stereocenters. The SMILES string of the molecule is C=CC[C@H]([NH2+]Cc1ccco1)c1ccc(N(C)C)cc1. The van der Waals surface area contributed by atoms with Crippen LogP contribution in [0.25, 0.3) is 0 Å². The van der Waals surface area contributed by atoms with Gasteiger partial charge in [-0.05, 0) is 24.3 Å². The maximum absolute atomic E-state index is 5.38. The minimum Gasteiger partial charge on any atom is -0.463 e. The van der Waals surface area contributed by atoms with Gasteiger partial charge in [0, 0.05) is 31.8 Å². The van der Waals surface area contributed by atoms with Gasteiger partial charge in [0.05, 0.1) is 6.26 Å². The molecule has 20 heavy (non-hydrogen) atoms. The van der Waals surface area contributed by atoms with Crippen molar-refractivity contribution in [3.05, 3.63) is 66.6 Å². The van der Waals surface area contributed by atoms with E-state index in [4.69, 9.17) is 4.42 Å². The summed E-state index contributed by atoms with van der Waals surface area (Å²) in [6.07, 6.45) is 4.64. The molecule has 1 aromatic carbocycles. The Kier molecular flexibility index (Phi) is 5.02. The molecule has 2 aromatic rings. The Morgan fingerprint density at radius 3 is 2.55 bits per heavy atom. The van der Waals surface area contributed by atoms with Gasteiger partial charge in [-0.2, -0.15) is 0 Å². The summed E-state index contributed by atoms with van der Waals surface area (Å²) in [4.78, 5) is 2.11. The molecule has 0 radical (unpaired) electrons. The highest BCUT2D eigenvalue weighted by atomic mass is 16.3. The Balaban J connectivity index is 2.05. The van der Waals surface area contributed by atoms with Crippen molar-refractivity contribution in [3.63, 3.8) is 0 Å². The summed E-state index contributed by atoms with van der Waals surface area (Å²) in [6, 6.07) is 13.0. The quantitative estimate of drug-likeness (QED) is 0.785. The van der Waals surface area contributed by atoms with Crippen LogP contribution in [0.4, 0.5) is 5.69 Å². The van der Waals surface area contributed by atoms with Crippen molar-refractivity contribution in [3.8, 4) is 0 Å². The lowest BCUT2D eigenvalue weighted by Crippen LogP contribution is -2.83. The van der Waals surface area contributed by atoms with E-state index >= 15 is 0 Å². The van der Waals surface area contributed by atoms with Crippen LogP contribution in [-0.2, 0) is 6.54 Å². The van der Waals surface area contributed by atoms with Crippen molar-refractivity contribution in [1.29, 1.82) is 0 Å². The average molecular weight is 271 g/mol. The Bertz CT molecular complexity index is 514. The maximum atomic E-state index is 5.38. The fourth-order valence-corrected chi connectivity index (χ4v) is 2.25. The lowest BCUT2D eigenvalue weighted by atomic mass is 10.0. The molecule has 2 N–H and O–H groups in total. The lowest BCUT2D eigenvalue weighted by Gasteiger charge is -2.16. The summed E-state index contributed by atoms with van der Waals surface area (Å²) in [6.45, 7) is 4.71. The number of furan rings is 1. The van der Waals surface area contributed by atoms with Crippen molar-refractivity contribution in [1.82, 2.24) is 0 Å². The zero-order valence-corrected chi connectivity index (χ0v) is 12.3. The van der Waals surface area contributed by atoms with E-state index in [1.54, 1.807) is 6.26 Å². The van der Waals surface area contributed by atoms with Gasteiger partial charge in [0.15, 0.2) is 5.76 Å². The van der Waals surface area contributed by atoms with Gasteiger partial charge < -0.3 is 14.6 Å². The smallest absolute Gasteiger partial charge is 0.157 e. The van der Waals surface area contributed by atoms with E-state index in [0.29, 0.717) is 6.04 Å². The summed E-state index contributed by atoms with van der Waals surface area (Å²) in [5.74, 6) is 1.00. The fourth-order valence-electron chi connectivity index (χ4n) is 2.25. The Morgan fingerprint density at radius 1 is 1.25 bits per heavy atom. The predicted octanol–water partition coefficient (Wildman–Crippen LogP) is 2.73. The van der Waals surface area contributed by atoms with Crippen LogP contribution in [0.5, 0.6) is 0 Å². The topological polar surface area (TPSA) is 33.0 Å². The summed E-state index contributed by atoms with van der Waals surface area (Å²) in [5, 5.41) is 2.30. The van der Waals surface area contributed by atoms with E-state index < -0.39 is 0 Å². The van der Waals surface area contributed by atoms with Crippen LogP contribution in [0, 0.1) is 0 Å². The zero-order valence-electron chi connectivity index (χ0n) is 12.3. The molecule has 0 fully saturated rings. The molecule has 0 amide bonds. The number of benzene rings is 1. The molecule has 2 rings (SSSR count). The van der Waals surface area contributed by atoms with Gasteiger partial charge in [0.1, 0.15) is 12.6 Å². The van der Waals surface area contributed by atoms with Crippen LogP contribution < -0.4 is 10.2 Å². The molecule has 1 aromatic heterocycles. The first-order chi connectivity index (χ1) is 9.70. The van der Waals surface area contributed by atoms with Crippen LogP contribution in [-0.4, -0.2) is 14.1 Å². The standard InChI is InChI=1S/C17H22N2O/c1-4-6-17(18-13-16-7-5-12-20-16)14-8-10-15(11-9-14)19(2)3/h4-5,7-12,17-18H,1,6,13H2,2-3H3/p+1/t17-/m0/s1. The van der Waals surface area contributed by atoms with Gasteiger partial charge >= 0.3 is 0 Å². The molecule has 106 valence electrons. The number of hydrogen-bond donors (Lipinski definition) is 1. The normalized spacial score (nSPS) is 12.1. The van der Waals surface area contributed by atoms with Crippen LogP contribution in [0.2, 0.25) is 0 Å². The Morgan fingerprint density at radius 2 is 2.00 bits per heavy atom. The molecule has 1 heterocycles. The van der Waals surface area contributed by atoms with E-state index in [1.165, 1.54) is 11.3 Å². The molecule has 3 heteroatoms. The van der Waals surface area contributed by atoms with Crippen molar-refractivity contribution >= 4 is 5.69 Å². The van der Waals surface area contributed by atoms with Crippen LogP contribution in [0.15, 0.2) is 59.7 Å². The molecular formula is C17H23N2O+. The van der Waals surface area contributed by atoms with Gasteiger partial charge in [0.2, 0.25) is 0 Å². The van der Waals surface area contributed by atoms with Gasteiger partial charge in [-0.1, -0.05) is 18.2 Å². The number of anilines is 1. The van der Waals surface area contributed by atoms with Gasteiger partial charge in [0.25, 0.3) is 0 Å². The average Bonchev–Trinajstić information content (AvgIpc) is 2.97. The zero-order chi connectivity index (χ0) is 14.4. The van der Waals surface area contributed by atoms with E-state index in [9.17, 15) is 0 Å². The number of quaternary nitrogens is 1. The van der Waals surface area contributed by atoms with E-state index in [1.807, 2.05) is 18.2 Å². The van der Waals surface area contributed by atoms with Gasteiger partial charge in [-0.15, -0.1) is 6.58 Å². The number of nitrogens with zero attached hydrogens (tertiary/aromatic N) is 1. The van der Waals surface area contributed by atoms with E-state index in [-0.39, 0.29) is 0 Å². The van der Waals surface area contributed by atoms with Crippen LogP contribution in [0.1, 0.15) is 23.8 Å². The van der Waals surface area contributed by atoms with Gasteiger partial charge in [-0.3, -0.25) is 0 Å². The molecule has 0 bridgehead atoms. The molecule has 0 aliphatic rings. The monoisotopic (exact) mass is 271 g/mol. The minimum atomic E-state index is 0.383. The third-order valence-corrected chi connectivity index (χ3v) is 3.44. The second kappa shape index (κ2) is 6.96. The van der Waals surface area contributed by atoms with E-state index in [2.05, 4.69) is 55.2 Å². The summed E-state index contributed by atoms with van der Waals surface area (Å²) in [7, 11) is 4.11. The van der Waals surface area contributed by atoms with Crippen LogP contribution in [0.3, 0.4) is 0 Å². The molecular weight excluding hydrogens is 248 g/mol. The fraction of sp³-hybridized carbons (Fsp3) is 0.294. The first-order valence-corrected chi connectivity index (χ1v) is 6.94. The third kappa shape index (κ3) is 3.75. The first-order valence-electron chi connectivity index (χ1n) is 6.94. The van der Waals surface area contributed by atoms with Crippen molar-refractivity contribution in [2.24, 2.45) is 0 Å². The predicted molar refractivity (Wildman–Crippen MR) is 82.7 cm³/mol. The Hall–Kier alpha value is -2.00. The number of nitrogens with two attached hydrogens (primary N) is 1. The molecule has 0 saturated heterocycles. The molecule has 3 nitrogen and oxygen atoms in total. The second-order valence-electron chi connectivity index (χ2n) is 5.14. The maximum Gasteiger partial charge on any atom is 0.157 e. The highest BCUT2D eigenvalue weighted by Crippen LogP contribution is 2.18. The van der Waals surface area contributed by atoms with Crippen molar-refractivity contribution < 1.29 is 9.73 Å². The van der Waals surface area contributed by atoms with Crippen molar-refractivity contribution in [2.45, 2.75) is 19.0 Å². The first kappa shape index (κ1) is 14.4. The summed E-state index contributed by atoms with van der Waals surface area (Å²) in [5.41, 5.74) is 2.54. The lowest BCUT2D eigenvalue weighted by molar-refractivity contribution is -0.712. The molecule has 0 aliphatic carbocycles. The van der Waals surface area contributed by atoms with Gasteiger partial charge in [-0.25, -0.2) is 0 Å². The highest BCUT2D eigenvalue weighted by molar-refractivity contribution is 5.46. The number of hydrogen-bond acceptors (Lipinski definition) is 2. The summed E-state index contributed by atoms with van der Waals surface area (Å²) < 4.78 is 5.38. The second-order valence-corrected chi connectivity index (χ2v) is 5.14. The molecule has 0 aliphatic heterocycles. The third-order valence-electron chi connectivity index (χ3n) is 3.44. The van der Waals surface area contributed by atoms with Crippen LogP contribution >= 0.6 is 0 Å². The Labute approximate surface area is 120 Å². The molecule has 0 saturated carbocycles. The van der Waals surface area contributed by atoms with Crippen molar-refractivity contribution in [2.75, 3.05) is 19.0 Å².